The zero-order chi connectivity index (χ0) is 13.6. The monoisotopic (exact) mass is 259 g/mol. The summed E-state index contributed by atoms with van der Waals surface area (Å²) in [6.07, 6.45) is 0.789. The molecule has 2 aromatic heterocycles. The highest BCUT2D eigenvalue weighted by molar-refractivity contribution is 5.94. The topological polar surface area (TPSA) is 86.5 Å². The molecule has 1 aliphatic rings. The number of aromatic nitrogens is 4. The molecule has 100 valence electrons. The van der Waals surface area contributed by atoms with Crippen molar-refractivity contribution in [2.45, 2.75) is 27.2 Å². The summed E-state index contributed by atoms with van der Waals surface area (Å²) in [6, 6.07) is 1.90. The number of fused-ring (bicyclic) bond motifs is 1. The molecule has 6 heteroatoms. The first-order chi connectivity index (χ1) is 8.94. The SMILES string of the molecule is Cc1cc(-c2nc3c([nH]2)CC(C)(C)CNC3=O)n[nH]1. The van der Waals surface area contributed by atoms with Crippen LogP contribution in [0, 0.1) is 12.3 Å². The molecule has 6 nitrogen and oxygen atoms in total. The molecule has 0 fully saturated rings. The summed E-state index contributed by atoms with van der Waals surface area (Å²) < 4.78 is 0. The number of rotatable bonds is 1. The first-order valence-electron chi connectivity index (χ1n) is 6.34. The molecular weight excluding hydrogens is 242 g/mol. The highest BCUT2D eigenvalue weighted by Gasteiger charge is 2.30. The van der Waals surface area contributed by atoms with E-state index < -0.39 is 0 Å². The van der Waals surface area contributed by atoms with Crippen LogP contribution < -0.4 is 5.32 Å². The Kier molecular flexibility index (Phi) is 2.48. The standard InChI is InChI=1S/C13H17N5O/c1-7-4-8(18-17-7)11-15-9-5-13(2,3)6-14-12(19)10(9)16-11/h4H,5-6H2,1-3H3,(H,14,19)(H,15,16)(H,17,18). The maximum absolute atomic E-state index is 12.0. The highest BCUT2D eigenvalue weighted by Crippen LogP contribution is 2.27. The number of amides is 1. The van der Waals surface area contributed by atoms with Gasteiger partial charge in [0.15, 0.2) is 5.82 Å². The number of aryl methyl sites for hydroxylation is 1. The highest BCUT2D eigenvalue weighted by atomic mass is 16.1. The van der Waals surface area contributed by atoms with E-state index in [0.717, 1.165) is 23.5 Å². The number of H-pyrrole nitrogens is 2. The molecule has 1 amide bonds. The van der Waals surface area contributed by atoms with E-state index in [4.69, 9.17) is 0 Å². The van der Waals surface area contributed by atoms with Crippen molar-refractivity contribution in [1.29, 1.82) is 0 Å². The van der Waals surface area contributed by atoms with Crippen molar-refractivity contribution in [2.75, 3.05) is 6.54 Å². The van der Waals surface area contributed by atoms with Gasteiger partial charge in [0, 0.05) is 17.9 Å². The number of hydrogen-bond donors (Lipinski definition) is 3. The van der Waals surface area contributed by atoms with Crippen LogP contribution in [0.5, 0.6) is 0 Å². The maximum atomic E-state index is 12.0. The minimum atomic E-state index is -0.115. The Morgan fingerprint density at radius 2 is 2.16 bits per heavy atom. The van der Waals surface area contributed by atoms with Crippen molar-refractivity contribution in [3.05, 3.63) is 23.1 Å². The molecule has 0 atom stereocenters. The molecule has 0 spiro atoms. The fourth-order valence-corrected chi connectivity index (χ4v) is 2.33. The maximum Gasteiger partial charge on any atom is 0.271 e. The van der Waals surface area contributed by atoms with Crippen LogP contribution in [-0.4, -0.2) is 32.6 Å². The summed E-state index contributed by atoms with van der Waals surface area (Å²) in [5.41, 5.74) is 3.09. The summed E-state index contributed by atoms with van der Waals surface area (Å²) in [5.74, 6) is 0.525. The molecule has 0 saturated carbocycles. The second-order valence-electron chi connectivity index (χ2n) is 5.87. The van der Waals surface area contributed by atoms with Crippen molar-refractivity contribution in [3.8, 4) is 11.5 Å². The summed E-state index contributed by atoms with van der Waals surface area (Å²) >= 11 is 0. The van der Waals surface area contributed by atoms with Gasteiger partial charge < -0.3 is 10.3 Å². The summed E-state index contributed by atoms with van der Waals surface area (Å²) in [5, 5.41) is 9.95. The Labute approximate surface area is 111 Å². The average Bonchev–Trinajstić information content (AvgIpc) is 2.90. The molecule has 0 radical (unpaired) electrons. The van der Waals surface area contributed by atoms with Gasteiger partial charge in [-0.2, -0.15) is 5.10 Å². The molecule has 2 aromatic rings. The number of nitrogens with one attached hydrogen (secondary N) is 3. The van der Waals surface area contributed by atoms with E-state index in [1.165, 1.54) is 0 Å². The lowest BCUT2D eigenvalue weighted by molar-refractivity contribution is 0.0940. The zero-order valence-corrected chi connectivity index (χ0v) is 11.3. The summed E-state index contributed by atoms with van der Waals surface area (Å²) in [7, 11) is 0. The number of carbonyl (C=O) groups is 1. The van der Waals surface area contributed by atoms with E-state index in [0.29, 0.717) is 18.1 Å². The molecule has 0 aromatic carbocycles. The fraction of sp³-hybridized carbons (Fsp3) is 0.462. The van der Waals surface area contributed by atoms with Gasteiger partial charge in [-0.15, -0.1) is 0 Å². The van der Waals surface area contributed by atoms with Crippen molar-refractivity contribution in [3.63, 3.8) is 0 Å². The average molecular weight is 259 g/mol. The second-order valence-corrected chi connectivity index (χ2v) is 5.87. The molecule has 3 N–H and O–H groups in total. The molecule has 0 bridgehead atoms. The second kappa shape index (κ2) is 3.94. The van der Waals surface area contributed by atoms with E-state index >= 15 is 0 Å². The summed E-state index contributed by atoms with van der Waals surface area (Å²) in [4.78, 5) is 19.6. The van der Waals surface area contributed by atoms with E-state index in [-0.39, 0.29) is 11.3 Å². The van der Waals surface area contributed by atoms with Crippen LogP contribution in [0.25, 0.3) is 11.5 Å². The van der Waals surface area contributed by atoms with Crippen LogP contribution in [0.3, 0.4) is 0 Å². The number of carbonyl (C=O) groups excluding carboxylic acids is 1. The predicted octanol–water partition coefficient (Wildman–Crippen LogP) is 1.42. The van der Waals surface area contributed by atoms with Gasteiger partial charge in [-0.3, -0.25) is 9.89 Å². The normalized spacial score (nSPS) is 17.7. The zero-order valence-electron chi connectivity index (χ0n) is 11.3. The predicted molar refractivity (Wildman–Crippen MR) is 70.7 cm³/mol. The van der Waals surface area contributed by atoms with Crippen molar-refractivity contribution >= 4 is 5.91 Å². The van der Waals surface area contributed by atoms with Crippen molar-refractivity contribution < 1.29 is 4.79 Å². The molecule has 0 unspecified atom stereocenters. The Hall–Kier alpha value is -2.11. The molecule has 19 heavy (non-hydrogen) atoms. The van der Waals surface area contributed by atoms with E-state index in [2.05, 4.69) is 39.3 Å². The summed E-state index contributed by atoms with van der Waals surface area (Å²) in [6.45, 7) is 6.84. The number of nitrogens with zero attached hydrogens (tertiary/aromatic N) is 2. The van der Waals surface area contributed by atoms with Gasteiger partial charge in [0.05, 0.1) is 0 Å². The van der Waals surface area contributed by atoms with Crippen LogP contribution in [0.15, 0.2) is 6.07 Å². The Morgan fingerprint density at radius 1 is 1.37 bits per heavy atom. The van der Waals surface area contributed by atoms with Gasteiger partial charge in [0.25, 0.3) is 5.91 Å². The lowest BCUT2D eigenvalue weighted by Crippen LogP contribution is -2.32. The molecule has 1 aliphatic heterocycles. The van der Waals surface area contributed by atoms with Gasteiger partial charge >= 0.3 is 0 Å². The van der Waals surface area contributed by atoms with Crippen LogP contribution in [-0.2, 0) is 6.42 Å². The minimum absolute atomic E-state index is 0.0200. The van der Waals surface area contributed by atoms with Gasteiger partial charge in [0.2, 0.25) is 0 Å². The smallest absolute Gasteiger partial charge is 0.271 e. The third kappa shape index (κ3) is 2.14. The lowest BCUT2D eigenvalue weighted by atomic mass is 9.88. The van der Waals surface area contributed by atoms with Gasteiger partial charge in [0.1, 0.15) is 11.4 Å². The Morgan fingerprint density at radius 3 is 2.84 bits per heavy atom. The third-order valence-corrected chi connectivity index (χ3v) is 3.33. The molecule has 3 heterocycles. The minimum Gasteiger partial charge on any atom is -0.350 e. The van der Waals surface area contributed by atoms with Gasteiger partial charge in [-0.05, 0) is 24.8 Å². The largest absolute Gasteiger partial charge is 0.350 e. The van der Waals surface area contributed by atoms with Crippen LogP contribution >= 0.6 is 0 Å². The van der Waals surface area contributed by atoms with Crippen LogP contribution in [0.2, 0.25) is 0 Å². The van der Waals surface area contributed by atoms with Crippen LogP contribution in [0.1, 0.15) is 35.7 Å². The van der Waals surface area contributed by atoms with Crippen molar-refractivity contribution in [2.24, 2.45) is 5.41 Å². The Balaban J connectivity index is 2.05. The molecule has 3 rings (SSSR count). The number of imidazole rings is 1. The van der Waals surface area contributed by atoms with E-state index in [9.17, 15) is 4.79 Å². The van der Waals surface area contributed by atoms with Crippen molar-refractivity contribution in [1.82, 2.24) is 25.5 Å². The van der Waals surface area contributed by atoms with Gasteiger partial charge in [-0.25, -0.2) is 4.98 Å². The molecule has 0 aliphatic carbocycles. The van der Waals surface area contributed by atoms with E-state index in [1.54, 1.807) is 0 Å². The Bertz CT molecular complexity index is 637. The lowest BCUT2D eigenvalue weighted by Gasteiger charge is -2.21. The molecular formula is C13H17N5O. The fourth-order valence-electron chi connectivity index (χ4n) is 2.33. The molecule has 0 saturated heterocycles. The van der Waals surface area contributed by atoms with Crippen LogP contribution in [0.4, 0.5) is 0 Å². The van der Waals surface area contributed by atoms with E-state index in [1.807, 2.05) is 13.0 Å². The van der Waals surface area contributed by atoms with Gasteiger partial charge in [-0.1, -0.05) is 13.8 Å². The number of hydrogen-bond acceptors (Lipinski definition) is 3. The quantitative estimate of drug-likeness (QED) is 0.724. The number of aromatic amines is 2. The first-order valence-corrected chi connectivity index (χ1v) is 6.34. The first kappa shape index (κ1) is 12.0. The third-order valence-electron chi connectivity index (χ3n) is 3.33.